The number of unbranched alkanes of at least 4 members (excludes halogenated alkanes) is 1. The van der Waals surface area contributed by atoms with Gasteiger partial charge in [-0.25, -0.2) is 4.98 Å². The molecule has 1 heterocycles. The Bertz CT molecular complexity index is 860. The molecule has 2 rings (SSSR count). The van der Waals surface area contributed by atoms with Crippen LogP contribution >= 0.6 is 11.6 Å². The lowest BCUT2D eigenvalue weighted by Crippen LogP contribution is -2.45. The van der Waals surface area contributed by atoms with Gasteiger partial charge in [0.25, 0.3) is 5.56 Å². The molecule has 0 aliphatic heterocycles. The van der Waals surface area contributed by atoms with Gasteiger partial charge in [0.05, 0.1) is 22.4 Å². The lowest BCUT2D eigenvalue weighted by Gasteiger charge is -2.35. The molecule has 0 aliphatic rings. The van der Waals surface area contributed by atoms with Gasteiger partial charge in [-0.1, -0.05) is 25.5 Å². The summed E-state index contributed by atoms with van der Waals surface area (Å²) >= 11 is 6.06. The van der Waals surface area contributed by atoms with Crippen LogP contribution in [0.15, 0.2) is 29.1 Å². The number of halogens is 1. The predicted molar refractivity (Wildman–Crippen MR) is 111 cm³/mol. The molecule has 148 valence electrons. The minimum atomic E-state index is -0.669. The Morgan fingerprint density at radius 2 is 1.96 bits per heavy atom. The maximum atomic E-state index is 13.2. The van der Waals surface area contributed by atoms with Crippen LogP contribution in [-0.4, -0.2) is 32.8 Å². The highest BCUT2D eigenvalue weighted by Gasteiger charge is 2.35. The van der Waals surface area contributed by atoms with E-state index in [4.69, 9.17) is 16.6 Å². The summed E-state index contributed by atoms with van der Waals surface area (Å²) in [5.74, 6) is 0.854. The van der Waals surface area contributed by atoms with Crippen molar-refractivity contribution in [2.45, 2.75) is 60.0 Å². The van der Waals surface area contributed by atoms with Gasteiger partial charge in [-0.15, -0.1) is 11.6 Å². The number of carbonyl (C=O) groups is 1. The van der Waals surface area contributed by atoms with Crippen LogP contribution in [0.3, 0.4) is 0 Å². The first-order valence-corrected chi connectivity index (χ1v) is 10.2. The third-order valence-electron chi connectivity index (χ3n) is 4.98. The molecule has 0 bridgehead atoms. The van der Waals surface area contributed by atoms with Gasteiger partial charge in [0.2, 0.25) is 5.91 Å². The van der Waals surface area contributed by atoms with E-state index in [1.54, 1.807) is 10.6 Å². The number of amides is 1. The van der Waals surface area contributed by atoms with Crippen LogP contribution in [0.5, 0.6) is 0 Å². The van der Waals surface area contributed by atoms with Crippen molar-refractivity contribution in [1.29, 1.82) is 0 Å². The van der Waals surface area contributed by atoms with Crippen molar-refractivity contribution in [3.05, 3.63) is 40.4 Å². The van der Waals surface area contributed by atoms with Gasteiger partial charge in [-0.2, -0.15) is 0 Å². The Hall–Kier alpha value is -1.88. The summed E-state index contributed by atoms with van der Waals surface area (Å²) < 4.78 is 1.67. The summed E-state index contributed by atoms with van der Waals surface area (Å²) in [6, 6.07) is 7.03. The van der Waals surface area contributed by atoms with Crippen molar-refractivity contribution in [2.75, 3.05) is 12.4 Å². The van der Waals surface area contributed by atoms with E-state index >= 15 is 0 Å². The monoisotopic (exact) mass is 391 g/mol. The number of hydrogen-bond donors (Lipinski definition) is 0. The fraction of sp³-hybridized carbons (Fsp3) is 0.571. The molecule has 2 aromatic rings. The number of benzene rings is 1. The first kappa shape index (κ1) is 21.4. The maximum absolute atomic E-state index is 13.2. The number of hydrogen-bond acceptors (Lipinski definition) is 3. The van der Waals surface area contributed by atoms with Crippen LogP contribution in [0.1, 0.15) is 59.3 Å². The molecule has 27 heavy (non-hydrogen) atoms. The first-order chi connectivity index (χ1) is 12.8. The molecule has 1 aromatic heterocycles. The lowest BCUT2D eigenvalue weighted by atomic mass is 9.93. The van der Waals surface area contributed by atoms with E-state index in [1.807, 2.05) is 50.8 Å². The number of fused-ring (bicyclic) bond motifs is 1. The molecule has 0 fully saturated rings. The summed E-state index contributed by atoms with van der Waals surface area (Å²) in [6.45, 7) is 10.8. The Labute approximate surface area is 166 Å². The molecule has 6 heteroatoms. The highest BCUT2D eigenvalue weighted by molar-refractivity contribution is 6.19. The number of para-hydroxylation sites is 1. The molecule has 1 atom stereocenters. The van der Waals surface area contributed by atoms with Crippen molar-refractivity contribution in [3.63, 3.8) is 0 Å². The van der Waals surface area contributed by atoms with Crippen molar-refractivity contribution in [3.8, 4) is 0 Å². The second-order valence-electron chi connectivity index (χ2n) is 7.58. The Kier molecular flexibility index (Phi) is 7.04. The van der Waals surface area contributed by atoms with E-state index in [9.17, 15) is 9.59 Å². The zero-order valence-electron chi connectivity index (χ0n) is 17.0. The molecule has 0 spiro atoms. The smallest absolute Gasteiger partial charge is 0.261 e. The van der Waals surface area contributed by atoms with E-state index in [1.165, 1.54) is 0 Å². The summed E-state index contributed by atoms with van der Waals surface area (Å²) in [7, 11) is 0. The Morgan fingerprint density at radius 3 is 2.56 bits per heavy atom. The largest absolute Gasteiger partial charge is 0.332 e. The zero-order valence-corrected chi connectivity index (χ0v) is 17.7. The van der Waals surface area contributed by atoms with Crippen molar-refractivity contribution in [2.24, 2.45) is 5.41 Å². The zero-order chi connectivity index (χ0) is 20.2. The third kappa shape index (κ3) is 4.34. The molecule has 1 unspecified atom stereocenters. The molecule has 1 aromatic carbocycles. The van der Waals surface area contributed by atoms with Crippen LogP contribution in [0, 0.1) is 5.41 Å². The molecular formula is C21H30ClN3O2. The summed E-state index contributed by atoms with van der Waals surface area (Å²) in [4.78, 5) is 32.7. The van der Waals surface area contributed by atoms with E-state index in [0.29, 0.717) is 29.8 Å². The number of rotatable bonds is 8. The van der Waals surface area contributed by atoms with Gasteiger partial charge < -0.3 is 4.90 Å². The second kappa shape index (κ2) is 8.87. The summed E-state index contributed by atoms with van der Waals surface area (Å²) in [5, 5.41) is 0.600. The number of carbonyl (C=O) groups excluding carboxylic acids is 1. The van der Waals surface area contributed by atoms with Gasteiger partial charge in [0.1, 0.15) is 5.82 Å². The van der Waals surface area contributed by atoms with Crippen LogP contribution in [0.4, 0.5) is 0 Å². The van der Waals surface area contributed by atoms with E-state index in [-0.39, 0.29) is 23.4 Å². The molecule has 0 saturated carbocycles. The van der Waals surface area contributed by atoms with Crippen LogP contribution in [0.2, 0.25) is 0 Å². The molecule has 0 radical (unpaired) electrons. The minimum Gasteiger partial charge on any atom is -0.332 e. The maximum Gasteiger partial charge on any atom is 0.261 e. The average molecular weight is 392 g/mol. The Morgan fingerprint density at radius 1 is 1.30 bits per heavy atom. The molecule has 0 aliphatic carbocycles. The molecule has 0 N–H and O–H groups in total. The molecule has 0 saturated heterocycles. The van der Waals surface area contributed by atoms with Gasteiger partial charge in [-0.05, 0) is 46.2 Å². The van der Waals surface area contributed by atoms with Gasteiger partial charge in [0.15, 0.2) is 0 Å². The topological polar surface area (TPSA) is 55.2 Å². The molecule has 5 nitrogen and oxygen atoms in total. The van der Waals surface area contributed by atoms with E-state index in [2.05, 4.69) is 6.92 Å². The van der Waals surface area contributed by atoms with Crippen molar-refractivity contribution < 1.29 is 4.79 Å². The Balaban J connectivity index is 2.58. The number of nitrogens with zero attached hydrogens (tertiary/aromatic N) is 3. The van der Waals surface area contributed by atoms with E-state index in [0.717, 1.165) is 12.8 Å². The second-order valence-corrected chi connectivity index (χ2v) is 7.85. The highest BCUT2D eigenvalue weighted by Crippen LogP contribution is 2.28. The predicted octanol–water partition coefficient (Wildman–Crippen LogP) is 4.37. The van der Waals surface area contributed by atoms with Crippen molar-refractivity contribution >= 4 is 28.4 Å². The number of alkyl halides is 1. The number of aromatic nitrogens is 2. The third-order valence-corrected chi connectivity index (χ3v) is 5.64. The molecular weight excluding hydrogens is 362 g/mol. The van der Waals surface area contributed by atoms with Crippen LogP contribution < -0.4 is 5.56 Å². The average Bonchev–Trinajstić information content (AvgIpc) is 2.67. The van der Waals surface area contributed by atoms with Crippen molar-refractivity contribution in [1.82, 2.24) is 14.5 Å². The van der Waals surface area contributed by atoms with Gasteiger partial charge in [-0.3, -0.25) is 14.2 Å². The summed E-state index contributed by atoms with van der Waals surface area (Å²) in [6.07, 6.45) is 1.86. The summed E-state index contributed by atoms with van der Waals surface area (Å²) in [5.41, 5.74) is -0.0735. The van der Waals surface area contributed by atoms with E-state index < -0.39 is 5.41 Å². The standard InChI is InChI=1S/C21H30ClN3O2/c1-6-8-13-25(20(27)21(4,5)14-22)15(3)18-23-17-12-10-9-11-16(17)19(26)24(18)7-2/h9-12,15H,6-8,13-14H2,1-5H3. The SMILES string of the molecule is CCCCN(C(=O)C(C)(C)CCl)C(C)c1nc2ccccc2c(=O)n1CC. The van der Waals surface area contributed by atoms with Gasteiger partial charge in [0, 0.05) is 19.0 Å². The fourth-order valence-corrected chi connectivity index (χ4v) is 3.31. The first-order valence-electron chi connectivity index (χ1n) is 9.65. The quantitative estimate of drug-likeness (QED) is 0.628. The van der Waals surface area contributed by atoms with Crippen LogP contribution in [0.25, 0.3) is 10.9 Å². The highest BCUT2D eigenvalue weighted by atomic mass is 35.5. The van der Waals surface area contributed by atoms with Crippen LogP contribution in [-0.2, 0) is 11.3 Å². The fourth-order valence-electron chi connectivity index (χ4n) is 3.19. The minimum absolute atomic E-state index is 0.0106. The molecule has 1 amide bonds. The van der Waals surface area contributed by atoms with Gasteiger partial charge >= 0.3 is 0 Å². The normalized spacial score (nSPS) is 13.0. The lowest BCUT2D eigenvalue weighted by molar-refractivity contribution is -0.141.